The molecule has 130 valence electrons. The van der Waals surface area contributed by atoms with Crippen LogP contribution in [-0.2, 0) is 13.0 Å². The Labute approximate surface area is 148 Å². The Morgan fingerprint density at radius 3 is 3.00 bits per heavy atom. The van der Waals surface area contributed by atoms with Crippen LogP contribution in [0.25, 0.3) is 5.65 Å². The van der Waals surface area contributed by atoms with E-state index in [1.807, 2.05) is 29.9 Å². The molecule has 1 aliphatic heterocycles. The van der Waals surface area contributed by atoms with Gasteiger partial charge in [-0.3, -0.25) is 9.88 Å². The van der Waals surface area contributed by atoms with Crippen molar-refractivity contribution < 1.29 is 0 Å². The van der Waals surface area contributed by atoms with Crippen molar-refractivity contribution in [3.63, 3.8) is 0 Å². The van der Waals surface area contributed by atoms with E-state index in [4.69, 9.17) is 4.98 Å². The third kappa shape index (κ3) is 3.56. The SMILES string of the molecule is Cc1cc(C)n2ncc(CN3CCC[C@@H](Cc4ccccn4)C3)c2n1. The Kier molecular flexibility index (Phi) is 4.49. The smallest absolute Gasteiger partial charge is 0.159 e. The fourth-order valence-electron chi connectivity index (χ4n) is 3.94. The number of nitrogens with zero attached hydrogens (tertiary/aromatic N) is 5. The van der Waals surface area contributed by atoms with E-state index in [-0.39, 0.29) is 0 Å². The topological polar surface area (TPSA) is 46.3 Å². The Hall–Kier alpha value is -2.27. The number of pyridine rings is 1. The fourth-order valence-corrected chi connectivity index (χ4v) is 3.94. The Bertz CT molecular complexity index is 855. The summed E-state index contributed by atoms with van der Waals surface area (Å²) in [6.07, 6.45) is 7.49. The number of aromatic nitrogens is 4. The summed E-state index contributed by atoms with van der Waals surface area (Å²) in [6, 6.07) is 8.28. The van der Waals surface area contributed by atoms with Gasteiger partial charge >= 0.3 is 0 Å². The van der Waals surface area contributed by atoms with Crippen LogP contribution >= 0.6 is 0 Å². The van der Waals surface area contributed by atoms with Crippen LogP contribution in [0, 0.1) is 19.8 Å². The third-order valence-electron chi connectivity index (χ3n) is 5.07. The summed E-state index contributed by atoms with van der Waals surface area (Å²) in [5.74, 6) is 0.682. The van der Waals surface area contributed by atoms with Crippen molar-refractivity contribution in [2.45, 2.75) is 39.7 Å². The van der Waals surface area contributed by atoms with Crippen molar-refractivity contribution in [2.24, 2.45) is 5.92 Å². The molecule has 1 aliphatic rings. The minimum Gasteiger partial charge on any atom is -0.299 e. The van der Waals surface area contributed by atoms with Crippen LogP contribution < -0.4 is 0 Å². The van der Waals surface area contributed by atoms with Crippen molar-refractivity contribution in [1.82, 2.24) is 24.5 Å². The van der Waals surface area contributed by atoms with E-state index >= 15 is 0 Å². The maximum atomic E-state index is 4.71. The molecule has 25 heavy (non-hydrogen) atoms. The summed E-state index contributed by atoms with van der Waals surface area (Å²) in [5, 5.41) is 4.53. The molecule has 0 radical (unpaired) electrons. The summed E-state index contributed by atoms with van der Waals surface area (Å²) in [4.78, 5) is 11.8. The highest BCUT2D eigenvalue weighted by Crippen LogP contribution is 2.23. The molecule has 4 heterocycles. The molecule has 0 N–H and O–H groups in total. The standard InChI is InChI=1S/C20H25N5/c1-15-10-16(2)25-20(23-15)18(12-22-25)14-24-9-5-6-17(13-24)11-19-7-3-4-8-21-19/h3-4,7-8,10,12,17H,5-6,9,11,13-14H2,1-2H3/t17-/m0/s1. The molecule has 3 aromatic heterocycles. The summed E-state index contributed by atoms with van der Waals surface area (Å²) < 4.78 is 1.96. The first-order valence-corrected chi connectivity index (χ1v) is 9.12. The molecule has 4 rings (SSSR count). The number of fused-ring (bicyclic) bond motifs is 1. The molecule has 1 atom stereocenters. The number of piperidine rings is 1. The van der Waals surface area contributed by atoms with E-state index in [9.17, 15) is 0 Å². The second kappa shape index (κ2) is 6.92. The van der Waals surface area contributed by atoms with Crippen LogP contribution in [0.5, 0.6) is 0 Å². The largest absolute Gasteiger partial charge is 0.299 e. The van der Waals surface area contributed by atoms with Gasteiger partial charge in [-0.15, -0.1) is 0 Å². The zero-order valence-electron chi connectivity index (χ0n) is 15.0. The maximum absolute atomic E-state index is 4.71. The van der Waals surface area contributed by atoms with Gasteiger partial charge in [-0.2, -0.15) is 5.10 Å². The molecule has 5 nitrogen and oxygen atoms in total. The minimum absolute atomic E-state index is 0.682. The van der Waals surface area contributed by atoms with Gasteiger partial charge in [0.2, 0.25) is 0 Å². The van der Waals surface area contributed by atoms with Gasteiger partial charge in [0.1, 0.15) is 0 Å². The highest BCUT2D eigenvalue weighted by Gasteiger charge is 2.22. The summed E-state index contributed by atoms with van der Waals surface area (Å²) in [6.45, 7) is 7.34. The van der Waals surface area contributed by atoms with Gasteiger partial charge in [-0.25, -0.2) is 9.50 Å². The van der Waals surface area contributed by atoms with Crippen molar-refractivity contribution in [3.8, 4) is 0 Å². The van der Waals surface area contributed by atoms with E-state index in [0.29, 0.717) is 5.92 Å². The minimum atomic E-state index is 0.682. The predicted molar refractivity (Wildman–Crippen MR) is 98.4 cm³/mol. The van der Waals surface area contributed by atoms with E-state index in [1.165, 1.54) is 24.1 Å². The Morgan fingerprint density at radius 2 is 2.16 bits per heavy atom. The average Bonchev–Trinajstić information content (AvgIpc) is 2.99. The molecular weight excluding hydrogens is 310 g/mol. The van der Waals surface area contributed by atoms with Gasteiger partial charge in [0.05, 0.1) is 6.20 Å². The number of aryl methyl sites for hydroxylation is 2. The molecule has 0 unspecified atom stereocenters. The van der Waals surface area contributed by atoms with E-state index < -0.39 is 0 Å². The van der Waals surface area contributed by atoms with Gasteiger partial charge < -0.3 is 0 Å². The third-order valence-corrected chi connectivity index (χ3v) is 5.07. The van der Waals surface area contributed by atoms with Gasteiger partial charge in [-0.05, 0) is 63.8 Å². The molecule has 3 aromatic rings. The zero-order valence-corrected chi connectivity index (χ0v) is 15.0. The van der Waals surface area contributed by atoms with E-state index in [1.54, 1.807) is 0 Å². The zero-order chi connectivity index (χ0) is 17.2. The van der Waals surface area contributed by atoms with Gasteiger partial charge in [0.15, 0.2) is 5.65 Å². The monoisotopic (exact) mass is 335 g/mol. The summed E-state index contributed by atoms with van der Waals surface area (Å²) in [5.41, 5.74) is 5.63. The Morgan fingerprint density at radius 1 is 1.24 bits per heavy atom. The highest BCUT2D eigenvalue weighted by atomic mass is 15.3. The second-order valence-electron chi connectivity index (χ2n) is 7.21. The van der Waals surface area contributed by atoms with Crippen LogP contribution in [-0.4, -0.2) is 37.6 Å². The normalized spacial score (nSPS) is 18.7. The molecule has 0 bridgehead atoms. The lowest BCUT2D eigenvalue weighted by Crippen LogP contribution is -2.35. The second-order valence-corrected chi connectivity index (χ2v) is 7.21. The lowest BCUT2D eigenvalue weighted by Gasteiger charge is -2.32. The first-order valence-electron chi connectivity index (χ1n) is 9.12. The van der Waals surface area contributed by atoms with E-state index in [2.05, 4.69) is 40.1 Å². The van der Waals surface area contributed by atoms with Crippen LogP contribution in [0.4, 0.5) is 0 Å². The predicted octanol–water partition coefficient (Wildman–Crippen LogP) is 3.20. The van der Waals surface area contributed by atoms with Crippen molar-refractivity contribution in [2.75, 3.05) is 13.1 Å². The first kappa shape index (κ1) is 16.2. The molecule has 0 aliphatic carbocycles. The molecule has 0 spiro atoms. The van der Waals surface area contributed by atoms with Crippen LogP contribution in [0.2, 0.25) is 0 Å². The molecule has 0 aromatic carbocycles. The Balaban J connectivity index is 1.47. The van der Waals surface area contributed by atoms with Gasteiger partial charge in [0, 0.05) is 41.9 Å². The lowest BCUT2D eigenvalue weighted by molar-refractivity contribution is 0.167. The number of hydrogen-bond acceptors (Lipinski definition) is 4. The van der Waals surface area contributed by atoms with Crippen LogP contribution in [0.3, 0.4) is 0 Å². The summed E-state index contributed by atoms with van der Waals surface area (Å²) >= 11 is 0. The molecular formula is C20H25N5. The number of rotatable bonds is 4. The molecule has 0 saturated carbocycles. The average molecular weight is 335 g/mol. The molecule has 1 saturated heterocycles. The van der Waals surface area contributed by atoms with Crippen LogP contribution in [0.1, 0.15) is 35.5 Å². The maximum Gasteiger partial charge on any atom is 0.159 e. The van der Waals surface area contributed by atoms with Crippen molar-refractivity contribution in [1.29, 1.82) is 0 Å². The van der Waals surface area contributed by atoms with Crippen molar-refractivity contribution >= 4 is 5.65 Å². The van der Waals surface area contributed by atoms with Gasteiger partial charge in [0.25, 0.3) is 0 Å². The molecule has 1 fully saturated rings. The van der Waals surface area contributed by atoms with E-state index in [0.717, 1.165) is 43.1 Å². The number of hydrogen-bond donors (Lipinski definition) is 0. The first-order chi connectivity index (χ1) is 12.2. The fraction of sp³-hybridized carbons (Fsp3) is 0.450. The molecule has 5 heteroatoms. The number of likely N-dealkylation sites (tertiary alicyclic amines) is 1. The highest BCUT2D eigenvalue weighted by molar-refractivity contribution is 5.47. The molecule has 0 amide bonds. The van der Waals surface area contributed by atoms with Crippen LogP contribution in [0.15, 0.2) is 36.7 Å². The van der Waals surface area contributed by atoms with Gasteiger partial charge in [-0.1, -0.05) is 6.07 Å². The lowest BCUT2D eigenvalue weighted by atomic mass is 9.93. The quantitative estimate of drug-likeness (QED) is 0.734. The van der Waals surface area contributed by atoms with Crippen molar-refractivity contribution in [3.05, 3.63) is 59.3 Å². The summed E-state index contributed by atoms with van der Waals surface area (Å²) in [7, 11) is 0.